The summed E-state index contributed by atoms with van der Waals surface area (Å²) in [5, 5.41) is 0.342. The summed E-state index contributed by atoms with van der Waals surface area (Å²) >= 11 is 1.13. The van der Waals surface area contributed by atoms with Crippen LogP contribution < -0.4 is 5.56 Å². The van der Waals surface area contributed by atoms with Crippen LogP contribution in [0.5, 0.6) is 0 Å². The lowest BCUT2D eigenvalue weighted by molar-refractivity contribution is 0.0514. The number of thiophene rings is 1. The molecule has 37 heavy (non-hydrogen) atoms. The Bertz CT molecular complexity index is 1620. The molecule has 2 heterocycles. The number of aromatic nitrogens is 2. The van der Waals surface area contributed by atoms with Gasteiger partial charge in [-0.25, -0.2) is 9.78 Å². The van der Waals surface area contributed by atoms with Crippen LogP contribution in [-0.4, -0.2) is 27.9 Å². The van der Waals surface area contributed by atoms with Gasteiger partial charge in [0.05, 0.1) is 24.9 Å². The zero-order valence-corrected chi connectivity index (χ0v) is 21.0. The Balaban J connectivity index is 1.31. The Morgan fingerprint density at radius 2 is 1.54 bits per heavy atom. The number of ketones is 1. The first-order valence-electron chi connectivity index (χ1n) is 11.9. The van der Waals surface area contributed by atoms with Crippen LogP contribution in [0.4, 0.5) is 0 Å². The molecule has 0 aliphatic rings. The number of esters is 1. The molecule has 0 aliphatic carbocycles. The van der Waals surface area contributed by atoms with Crippen LogP contribution in [0.15, 0.2) is 96.1 Å². The van der Waals surface area contributed by atoms with E-state index in [2.05, 4.69) is 4.98 Å². The lowest BCUT2D eigenvalue weighted by Crippen LogP contribution is -2.24. The molecular weight excluding hydrogens is 484 g/mol. The van der Waals surface area contributed by atoms with Crippen molar-refractivity contribution < 1.29 is 14.3 Å². The standard InChI is InChI=1S/C30H24N2O4S/c1-20-26-28(37-27(20)30(35)36-17-16-21-8-4-2-5-9-21)31-19-32(29(26)34)18-25(33)24-14-12-23(13-15-24)22-10-6-3-7-11-22/h2-15,19H,16-18H2,1H3. The molecule has 2 aromatic heterocycles. The highest BCUT2D eigenvalue weighted by Crippen LogP contribution is 2.27. The van der Waals surface area contributed by atoms with Gasteiger partial charge in [0, 0.05) is 12.0 Å². The molecule has 0 saturated carbocycles. The first-order chi connectivity index (χ1) is 18.0. The molecule has 0 radical (unpaired) electrons. The number of rotatable bonds is 8. The van der Waals surface area contributed by atoms with Gasteiger partial charge < -0.3 is 4.74 Å². The third kappa shape index (κ3) is 5.27. The van der Waals surface area contributed by atoms with E-state index in [-0.39, 0.29) is 24.5 Å². The van der Waals surface area contributed by atoms with E-state index in [4.69, 9.17) is 4.74 Å². The number of ether oxygens (including phenoxy) is 1. The van der Waals surface area contributed by atoms with Crippen molar-refractivity contribution in [1.29, 1.82) is 0 Å². The molecular formula is C30H24N2O4S. The monoisotopic (exact) mass is 508 g/mol. The molecule has 0 N–H and O–H groups in total. The summed E-state index contributed by atoms with van der Waals surface area (Å²) in [5.41, 5.74) is 3.83. The van der Waals surface area contributed by atoms with Gasteiger partial charge in [-0.15, -0.1) is 11.3 Å². The molecule has 0 fully saturated rings. The molecule has 0 unspecified atom stereocenters. The molecule has 0 atom stereocenters. The van der Waals surface area contributed by atoms with E-state index in [0.717, 1.165) is 28.0 Å². The number of carbonyl (C=O) groups is 2. The average Bonchev–Trinajstić information content (AvgIpc) is 3.28. The minimum Gasteiger partial charge on any atom is -0.461 e. The predicted octanol–water partition coefficient (Wildman–Crippen LogP) is 5.72. The fourth-order valence-electron chi connectivity index (χ4n) is 4.16. The highest BCUT2D eigenvalue weighted by Gasteiger charge is 2.21. The highest BCUT2D eigenvalue weighted by molar-refractivity contribution is 7.20. The molecule has 0 bridgehead atoms. The number of carbonyl (C=O) groups excluding carboxylic acids is 2. The topological polar surface area (TPSA) is 78.3 Å². The van der Waals surface area contributed by atoms with Crippen LogP contribution >= 0.6 is 11.3 Å². The summed E-state index contributed by atoms with van der Waals surface area (Å²) in [6, 6.07) is 27.0. The van der Waals surface area contributed by atoms with E-state index >= 15 is 0 Å². The third-order valence-corrected chi connectivity index (χ3v) is 7.38. The maximum atomic E-state index is 13.2. The Kier molecular flexibility index (Phi) is 7.05. The number of Topliss-reactive ketones (excluding diaryl/α,β-unsaturated/α-hetero) is 1. The lowest BCUT2D eigenvalue weighted by atomic mass is 10.0. The summed E-state index contributed by atoms with van der Waals surface area (Å²) in [4.78, 5) is 44.0. The first-order valence-corrected chi connectivity index (χ1v) is 12.7. The summed E-state index contributed by atoms with van der Waals surface area (Å²) < 4.78 is 6.75. The SMILES string of the molecule is Cc1c(C(=O)OCCc2ccccc2)sc2ncn(CC(=O)c3ccc(-c4ccccc4)cc3)c(=O)c12. The third-order valence-electron chi connectivity index (χ3n) is 6.20. The number of nitrogens with zero attached hydrogens (tertiary/aromatic N) is 2. The Morgan fingerprint density at radius 1 is 0.892 bits per heavy atom. The van der Waals surface area contributed by atoms with Crippen molar-refractivity contribution in [2.75, 3.05) is 6.61 Å². The number of hydrogen-bond donors (Lipinski definition) is 0. The van der Waals surface area contributed by atoms with Crippen LogP contribution in [0.1, 0.15) is 31.2 Å². The van der Waals surface area contributed by atoms with Gasteiger partial charge in [-0.1, -0.05) is 84.9 Å². The smallest absolute Gasteiger partial charge is 0.348 e. The summed E-state index contributed by atoms with van der Waals surface area (Å²) in [5.74, 6) is -0.673. The Hall–Kier alpha value is -4.36. The number of aryl methyl sites for hydroxylation is 1. The van der Waals surface area contributed by atoms with Crippen molar-refractivity contribution >= 4 is 33.3 Å². The van der Waals surface area contributed by atoms with Crippen molar-refractivity contribution in [3.63, 3.8) is 0 Å². The molecule has 0 aliphatic heterocycles. The van der Waals surface area contributed by atoms with E-state index in [1.165, 1.54) is 10.9 Å². The quantitative estimate of drug-likeness (QED) is 0.198. The number of fused-ring (bicyclic) bond motifs is 1. The van der Waals surface area contributed by atoms with Gasteiger partial charge in [-0.3, -0.25) is 14.2 Å². The molecule has 0 saturated heterocycles. The van der Waals surface area contributed by atoms with E-state index < -0.39 is 5.97 Å². The van der Waals surface area contributed by atoms with Gasteiger partial charge in [0.1, 0.15) is 9.71 Å². The van der Waals surface area contributed by atoms with Gasteiger partial charge >= 0.3 is 5.97 Å². The van der Waals surface area contributed by atoms with Gasteiger partial charge in [-0.2, -0.15) is 0 Å². The fourth-order valence-corrected chi connectivity index (χ4v) is 5.20. The molecule has 0 amide bonds. The molecule has 6 nitrogen and oxygen atoms in total. The molecule has 3 aromatic carbocycles. The van der Waals surface area contributed by atoms with E-state index in [9.17, 15) is 14.4 Å². The fraction of sp³-hybridized carbons (Fsp3) is 0.133. The zero-order chi connectivity index (χ0) is 25.8. The first kappa shape index (κ1) is 24.3. The molecule has 5 aromatic rings. The van der Waals surface area contributed by atoms with Crippen molar-refractivity contribution in [3.05, 3.63) is 123 Å². The van der Waals surface area contributed by atoms with Gasteiger partial charge in [-0.05, 0) is 29.2 Å². The van der Waals surface area contributed by atoms with Crippen LogP contribution in [0, 0.1) is 6.92 Å². The molecule has 0 spiro atoms. The second-order valence-corrected chi connectivity index (χ2v) is 9.65. The Labute approximate surface area is 217 Å². The minimum atomic E-state index is -0.475. The zero-order valence-electron chi connectivity index (χ0n) is 20.2. The van der Waals surface area contributed by atoms with E-state index in [1.807, 2.05) is 72.8 Å². The van der Waals surface area contributed by atoms with Gasteiger partial charge in [0.25, 0.3) is 5.56 Å². The van der Waals surface area contributed by atoms with Gasteiger partial charge in [0.15, 0.2) is 5.78 Å². The maximum Gasteiger partial charge on any atom is 0.348 e. The summed E-state index contributed by atoms with van der Waals surface area (Å²) in [7, 11) is 0. The van der Waals surface area contributed by atoms with Gasteiger partial charge in [0.2, 0.25) is 0 Å². The van der Waals surface area contributed by atoms with Crippen LogP contribution in [0.2, 0.25) is 0 Å². The van der Waals surface area contributed by atoms with Crippen molar-refractivity contribution in [1.82, 2.24) is 9.55 Å². The molecule has 5 rings (SSSR count). The predicted molar refractivity (Wildman–Crippen MR) is 145 cm³/mol. The van der Waals surface area contributed by atoms with Crippen LogP contribution in [-0.2, 0) is 17.7 Å². The normalized spacial score (nSPS) is 10.9. The van der Waals surface area contributed by atoms with E-state index in [1.54, 1.807) is 19.1 Å². The summed E-state index contributed by atoms with van der Waals surface area (Å²) in [6.07, 6.45) is 1.97. The van der Waals surface area contributed by atoms with Crippen molar-refractivity contribution in [3.8, 4) is 11.1 Å². The second-order valence-electron chi connectivity index (χ2n) is 8.65. The highest BCUT2D eigenvalue weighted by atomic mass is 32.1. The number of benzene rings is 3. The summed E-state index contributed by atoms with van der Waals surface area (Å²) in [6.45, 7) is 1.81. The second kappa shape index (κ2) is 10.7. The van der Waals surface area contributed by atoms with Crippen molar-refractivity contribution in [2.45, 2.75) is 19.9 Å². The molecule has 184 valence electrons. The average molecular weight is 509 g/mol. The molecule has 7 heteroatoms. The van der Waals surface area contributed by atoms with Crippen LogP contribution in [0.3, 0.4) is 0 Å². The van der Waals surface area contributed by atoms with Crippen LogP contribution in [0.25, 0.3) is 21.3 Å². The largest absolute Gasteiger partial charge is 0.461 e. The van der Waals surface area contributed by atoms with E-state index in [0.29, 0.717) is 32.6 Å². The Morgan fingerprint density at radius 3 is 2.24 bits per heavy atom. The van der Waals surface area contributed by atoms with Crippen molar-refractivity contribution in [2.24, 2.45) is 0 Å². The number of hydrogen-bond acceptors (Lipinski definition) is 6. The maximum absolute atomic E-state index is 13.2. The minimum absolute atomic E-state index is 0.140. The lowest BCUT2D eigenvalue weighted by Gasteiger charge is -2.07.